The van der Waals surface area contributed by atoms with Crippen molar-refractivity contribution in [3.8, 4) is 0 Å². The van der Waals surface area contributed by atoms with Crippen LogP contribution in [0.25, 0.3) is 0 Å². The molecule has 0 spiro atoms. The highest BCUT2D eigenvalue weighted by Gasteiger charge is 2.15. The monoisotopic (exact) mass is 194 g/mol. The van der Waals surface area contributed by atoms with Crippen LogP contribution in [0.4, 0.5) is 0 Å². The Labute approximate surface area is 81.7 Å². The molecule has 0 aromatic carbocycles. The summed E-state index contributed by atoms with van der Waals surface area (Å²) in [5, 5.41) is 3.21. The molecule has 0 fully saturated rings. The molecule has 2 rings (SSSR count). The average molecular weight is 194 g/mol. The normalized spacial score (nSPS) is 21.7. The van der Waals surface area contributed by atoms with Gasteiger partial charge in [0.1, 0.15) is 11.0 Å². The van der Waals surface area contributed by atoms with Crippen LogP contribution in [0.3, 0.4) is 0 Å². The second-order valence-electron chi connectivity index (χ2n) is 2.81. The Hall–Kier alpha value is -1.07. The van der Waals surface area contributed by atoms with Crippen LogP contribution in [0.1, 0.15) is 0 Å². The molecule has 13 heavy (non-hydrogen) atoms. The Morgan fingerprint density at radius 3 is 3.15 bits per heavy atom. The summed E-state index contributed by atoms with van der Waals surface area (Å²) < 4.78 is 1.82. The lowest BCUT2D eigenvalue weighted by Crippen LogP contribution is -2.38. The molecule has 0 saturated carbocycles. The number of aliphatic imine (C=N–C) groups is 1. The highest BCUT2D eigenvalue weighted by molar-refractivity contribution is 7.80. The summed E-state index contributed by atoms with van der Waals surface area (Å²) in [6.07, 6.45) is 7.11. The van der Waals surface area contributed by atoms with Crippen molar-refractivity contribution in [1.82, 2.24) is 14.9 Å². The Morgan fingerprint density at radius 2 is 2.54 bits per heavy atom. The van der Waals surface area contributed by atoms with Crippen molar-refractivity contribution in [1.29, 1.82) is 0 Å². The van der Waals surface area contributed by atoms with Gasteiger partial charge < -0.3 is 5.32 Å². The van der Waals surface area contributed by atoms with Crippen LogP contribution in [-0.2, 0) is 0 Å². The third-order valence-corrected chi connectivity index (χ3v) is 2.39. The third-order valence-electron chi connectivity index (χ3n) is 1.90. The number of hydrogen-bond acceptors (Lipinski definition) is 4. The van der Waals surface area contributed by atoms with E-state index in [-0.39, 0.29) is 6.04 Å². The molecule has 0 amide bonds. The molecule has 1 aromatic rings. The summed E-state index contributed by atoms with van der Waals surface area (Å²) in [4.78, 5) is 9.04. The molecule has 1 atom stereocenters. The number of rotatable bonds is 1. The Morgan fingerprint density at radius 1 is 1.62 bits per heavy atom. The molecule has 0 radical (unpaired) electrons. The lowest BCUT2D eigenvalue weighted by atomic mass is 10.2. The number of thiocarbonyl (C=S) groups is 1. The van der Waals surface area contributed by atoms with Gasteiger partial charge in [-0.15, -0.1) is 0 Å². The molecule has 0 saturated heterocycles. The first kappa shape index (κ1) is 8.52. The van der Waals surface area contributed by atoms with E-state index in [0.717, 1.165) is 18.1 Å². The van der Waals surface area contributed by atoms with Gasteiger partial charge in [-0.25, -0.2) is 4.98 Å². The first-order chi connectivity index (χ1) is 6.38. The van der Waals surface area contributed by atoms with Crippen LogP contribution < -0.4 is 5.32 Å². The van der Waals surface area contributed by atoms with Gasteiger partial charge in [-0.1, -0.05) is 12.2 Å². The molecule has 5 heteroatoms. The van der Waals surface area contributed by atoms with Crippen LogP contribution in [0, 0.1) is 0 Å². The highest BCUT2D eigenvalue weighted by Crippen LogP contribution is 2.00. The largest absolute Gasteiger partial charge is 0.309 e. The van der Waals surface area contributed by atoms with Crippen LogP contribution >= 0.6 is 12.2 Å². The van der Waals surface area contributed by atoms with Crippen molar-refractivity contribution in [3.63, 3.8) is 0 Å². The fourth-order valence-electron chi connectivity index (χ4n) is 1.23. The summed E-state index contributed by atoms with van der Waals surface area (Å²) in [6, 6.07) is 0.0675. The Balaban J connectivity index is 2.13. The van der Waals surface area contributed by atoms with Gasteiger partial charge in [0.25, 0.3) is 0 Å². The van der Waals surface area contributed by atoms with Gasteiger partial charge in [-0.3, -0.25) is 9.56 Å². The molecule has 1 aliphatic rings. The van der Waals surface area contributed by atoms with E-state index in [1.807, 2.05) is 17.0 Å². The minimum atomic E-state index is 0.0675. The van der Waals surface area contributed by atoms with E-state index in [0.29, 0.717) is 0 Å². The van der Waals surface area contributed by atoms with Crippen molar-refractivity contribution in [2.45, 2.75) is 6.04 Å². The zero-order chi connectivity index (χ0) is 9.10. The summed E-state index contributed by atoms with van der Waals surface area (Å²) in [7, 11) is 0. The van der Waals surface area contributed by atoms with Gasteiger partial charge in [-0.2, -0.15) is 0 Å². The van der Waals surface area contributed by atoms with E-state index in [1.54, 1.807) is 12.5 Å². The molecule has 1 N–H and O–H groups in total. The predicted octanol–water partition coefficient (Wildman–Crippen LogP) is 0.101. The Kier molecular flexibility index (Phi) is 2.47. The van der Waals surface area contributed by atoms with E-state index in [2.05, 4.69) is 15.3 Å². The van der Waals surface area contributed by atoms with Crippen LogP contribution in [0.5, 0.6) is 0 Å². The van der Waals surface area contributed by atoms with Crippen molar-refractivity contribution in [2.24, 2.45) is 4.99 Å². The molecule has 4 nitrogen and oxygen atoms in total. The number of aromatic nitrogens is 2. The molecule has 0 aliphatic carbocycles. The van der Waals surface area contributed by atoms with Crippen molar-refractivity contribution in [2.75, 3.05) is 13.1 Å². The molecule has 1 unspecified atom stereocenters. The topological polar surface area (TPSA) is 42.2 Å². The predicted molar refractivity (Wildman–Crippen MR) is 55.4 cm³/mol. The van der Waals surface area contributed by atoms with E-state index in [1.165, 1.54) is 0 Å². The molecular weight excluding hydrogens is 184 g/mol. The molecule has 1 aliphatic heterocycles. The van der Waals surface area contributed by atoms with E-state index in [4.69, 9.17) is 12.2 Å². The number of nitrogens with zero attached hydrogens (tertiary/aromatic N) is 3. The third kappa shape index (κ3) is 1.81. The van der Waals surface area contributed by atoms with Gasteiger partial charge in [-0.05, 0) is 0 Å². The van der Waals surface area contributed by atoms with Crippen molar-refractivity contribution in [3.05, 3.63) is 18.7 Å². The molecular formula is C8H10N4S. The lowest BCUT2D eigenvalue weighted by Gasteiger charge is -2.17. The Bertz CT molecular complexity index is 317. The standard InChI is InChI=1S/C8H10N4S/c13-8(12-4-3-10-6-12)7-5-9-1-2-11-7/h2-4,6-7,9H,1,5H2. The number of nitrogens with one attached hydrogen (secondary N) is 1. The smallest absolute Gasteiger partial charge is 0.113 e. The maximum Gasteiger partial charge on any atom is 0.113 e. The van der Waals surface area contributed by atoms with Crippen molar-refractivity contribution >= 4 is 23.4 Å². The average Bonchev–Trinajstić information content (AvgIpc) is 2.71. The number of hydrogen-bond donors (Lipinski definition) is 1. The minimum absolute atomic E-state index is 0.0675. The van der Waals surface area contributed by atoms with Gasteiger partial charge in [0, 0.05) is 31.7 Å². The summed E-state index contributed by atoms with van der Waals surface area (Å²) >= 11 is 5.26. The molecule has 1 aromatic heterocycles. The fraction of sp³-hybridized carbons (Fsp3) is 0.375. The zero-order valence-electron chi connectivity index (χ0n) is 7.05. The maximum atomic E-state index is 5.26. The number of imidazole rings is 1. The van der Waals surface area contributed by atoms with E-state index >= 15 is 0 Å². The summed E-state index contributed by atoms with van der Waals surface area (Å²) in [5.41, 5.74) is 0. The van der Waals surface area contributed by atoms with Crippen LogP contribution in [0.2, 0.25) is 0 Å². The first-order valence-corrected chi connectivity index (χ1v) is 4.53. The van der Waals surface area contributed by atoms with Gasteiger partial charge >= 0.3 is 0 Å². The van der Waals surface area contributed by atoms with E-state index in [9.17, 15) is 0 Å². The minimum Gasteiger partial charge on any atom is -0.309 e. The first-order valence-electron chi connectivity index (χ1n) is 4.12. The van der Waals surface area contributed by atoms with Gasteiger partial charge in [0.2, 0.25) is 0 Å². The molecule has 0 bridgehead atoms. The SMILES string of the molecule is S=C(C1CNCC=N1)n1ccnc1. The zero-order valence-corrected chi connectivity index (χ0v) is 7.87. The maximum absolute atomic E-state index is 5.26. The van der Waals surface area contributed by atoms with Crippen LogP contribution in [0.15, 0.2) is 23.7 Å². The summed E-state index contributed by atoms with van der Waals surface area (Å²) in [5.74, 6) is 0. The molecule has 68 valence electrons. The van der Waals surface area contributed by atoms with E-state index < -0.39 is 0 Å². The summed E-state index contributed by atoms with van der Waals surface area (Å²) in [6.45, 7) is 1.65. The van der Waals surface area contributed by atoms with Crippen molar-refractivity contribution < 1.29 is 0 Å². The fourth-order valence-corrected chi connectivity index (χ4v) is 1.48. The quantitative estimate of drug-likeness (QED) is 0.645. The lowest BCUT2D eigenvalue weighted by molar-refractivity contribution is 0.685. The highest BCUT2D eigenvalue weighted by atomic mass is 32.1. The second-order valence-corrected chi connectivity index (χ2v) is 3.23. The second kappa shape index (κ2) is 3.76. The van der Waals surface area contributed by atoms with Gasteiger partial charge in [0.15, 0.2) is 0 Å². The molecule has 2 heterocycles. The van der Waals surface area contributed by atoms with Crippen LogP contribution in [-0.4, -0.2) is 39.9 Å². The van der Waals surface area contributed by atoms with Gasteiger partial charge in [0.05, 0.1) is 6.33 Å².